The Balaban J connectivity index is 2.46. The normalized spacial score (nSPS) is 12.8. The number of nitrogens with zero attached hydrogens (tertiary/aromatic N) is 2. The van der Waals surface area contributed by atoms with Gasteiger partial charge in [-0.2, -0.15) is 0 Å². The Morgan fingerprint density at radius 3 is 2.81 bits per heavy atom. The maximum absolute atomic E-state index is 10.2. The van der Waals surface area contributed by atoms with Crippen LogP contribution in [0, 0.1) is 6.92 Å². The van der Waals surface area contributed by atoms with E-state index in [-0.39, 0.29) is 0 Å². The van der Waals surface area contributed by atoms with Crippen LogP contribution < -0.4 is 0 Å². The second-order valence-electron chi connectivity index (χ2n) is 3.78. The van der Waals surface area contributed by atoms with E-state index in [2.05, 4.69) is 4.98 Å². The molecule has 1 atom stereocenters. The quantitative estimate of drug-likeness (QED) is 0.870. The summed E-state index contributed by atoms with van der Waals surface area (Å²) in [5.74, 6) is 0.590. The highest BCUT2D eigenvalue weighted by molar-refractivity contribution is 6.32. The Morgan fingerprint density at radius 2 is 2.19 bits per heavy atom. The smallest absolute Gasteiger partial charge is 0.142 e. The highest BCUT2D eigenvalue weighted by Gasteiger charge is 2.18. The molecule has 0 aliphatic carbocycles. The van der Waals surface area contributed by atoms with E-state index in [1.807, 2.05) is 32.2 Å². The molecule has 2 rings (SSSR count). The second kappa shape index (κ2) is 4.28. The first-order valence-corrected chi connectivity index (χ1v) is 5.39. The molecule has 0 aliphatic rings. The van der Waals surface area contributed by atoms with Gasteiger partial charge in [0, 0.05) is 30.0 Å². The lowest BCUT2D eigenvalue weighted by atomic mass is 10.1. The fourth-order valence-corrected chi connectivity index (χ4v) is 1.89. The van der Waals surface area contributed by atoms with E-state index in [1.165, 1.54) is 0 Å². The molecule has 0 amide bonds. The number of aryl methyl sites for hydroxylation is 2. The number of halogens is 1. The van der Waals surface area contributed by atoms with Crippen LogP contribution in [0.4, 0.5) is 0 Å². The summed E-state index contributed by atoms with van der Waals surface area (Å²) < 4.78 is 1.78. The predicted octanol–water partition coefficient (Wildman–Crippen LogP) is 2.46. The zero-order chi connectivity index (χ0) is 11.7. The summed E-state index contributed by atoms with van der Waals surface area (Å²) in [5.41, 5.74) is 1.64. The second-order valence-corrected chi connectivity index (χ2v) is 4.15. The molecule has 1 unspecified atom stereocenters. The van der Waals surface area contributed by atoms with Crippen LogP contribution in [0.1, 0.15) is 23.1 Å². The van der Waals surface area contributed by atoms with Crippen molar-refractivity contribution in [2.45, 2.75) is 13.0 Å². The van der Waals surface area contributed by atoms with E-state index >= 15 is 0 Å². The SMILES string of the molecule is Cc1cccc(C(O)c2nccn2C)c1Cl. The number of aliphatic hydroxyl groups excluding tert-OH is 1. The minimum absolute atomic E-state index is 0.590. The summed E-state index contributed by atoms with van der Waals surface area (Å²) in [4.78, 5) is 4.12. The summed E-state index contributed by atoms with van der Waals surface area (Å²) in [7, 11) is 1.84. The molecule has 1 aromatic heterocycles. The van der Waals surface area contributed by atoms with Crippen molar-refractivity contribution in [3.8, 4) is 0 Å². The van der Waals surface area contributed by atoms with Crippen LogP contribution in [0.25, 0.3) is 0 Å². The van der Waals surface area contributed by atoms with Gasteiger partial charge in [-0.25, -0.2) is 4.98 Å². The number of benzene rings is 1. The Bertz CT molecular complexity index is 507. The molecule has 1 heterocycles. The van der Waals surface area contributed by atoms with Gasteiger partial charge in [-0.15, -0.1) is 0 Å². The first-order chi connectivity index (χ1) is 7.61. The van der Waals surface area contributed by atoms with Crippen LogP contribution >= 0.6 is 11.6 Å². The third-order valence-corrected chi connectivity index (χ3v) is 3.14. The molecule has 0 fully saturated rings. The number of rotatable bonds is 2. The largest absolute Gasteiger partial charge is 0.380 e. The molecule has 0 saturated heterocycles. The highest BCUT2D eigenvalue weighted by atomic mass is 35.5. The van der Waals surface area contributed by atoms with Crippen LogP contribution in [-0.2, 0) is 7.05 Å². The standard InChI is InChI=1S/C12H13ClN2O/c1-8-4-3-5-9(10(8)13)11(16)12-14-6-7-15(12)2/h3-7,11,16H,1-2H3. The van der Waals surface area contributed by atoms with Crippen LogP contribution in [-0.4, -0.2) is 14.7 Å². The molecule has 0 bridgehead atoms. The number of hydrogen-bond acceptors (Lipinski definition) is 2. The molecule has 0 aliphatic heterocycles. The Labute approximate surface area is 99.3 Å². The Hall–Kier alpha value is -1.32. The van der Waals surface area contributed by atoms with Crippen molar-refractivity contribution in [2.24, 2.45) is 7.05 Å². The van der Waals surface area contributed by atoms with E-state index < -0.39 is 6.10 Å². The first kappa shape index (κ1) is 11.2. The molecular formula is C12H13ClN2O. The summed E-state index contributed by atoms with van der Waals surface area (Å²) in [6.45, 7) is 1.91. The average molecular weight is 237 g/mol. The van der Waals surface area contributed by atoms with Gasteiger partial charge in [0.2, 0.25) is 0 Å². The average Bonchev–Trinajstić information content (AvgIpc) is 2.68. The molecule has 4 heteroatoms. The monoisotopic (exact) mass is 236 g/mol. The molecule has 84 valence electrons. The Morgan fingerprint density at radius 1 is 1.44 bits per heavy atom. The van der Waals surface area contributed by atoms with E-state index in [1.54, 1.807) is 17.0 Å². The van der Waals surface area contributed by atoms with Crippen molar-refractivity contribution in [1.29, 1.82) is 0 Å². The summed E-state index contributed by atoms with van der Waals surface area (Å²) in [5, 5.41) is 10.8. The summed E-state index contributed by atoms with van der Waals surface area (Å²) >= 11 is 6.16. The molecule has 16 heavy (non-hydrogen) atoms. The molecule has 2 aromatic rings. The first-order valence-electron chi connectivity index (χ1n) is 5.01. The minimum Gasteiger partial charge on any atom is -0.380 e. The minimum atomic E-state index is -0.785. The summed E-state index contributed by atoms with van der Waals surface area (Å²) in [6.07, 6.45) is 2.66. The maximum Gasteiger partial charge on any atom is 0.142 e. The van der Waals surface area contributed by atoms with Crippen molar-refractivity contribution in [3.63, 3.8) is 0 Å². The van der Waals surface area contributed by atoms with Gasteiger partial charge in [0.1, 0.15) is 11.9 Å². The van der Waals surface area contributed by atoms with Crippen LogP contribution in [0.3, 0.4) is 0 Å². The van der Waals surface area contributed by atoms with Crippen molar-refractivity contribution in [1.82, 2.24) is 9.55 Å². The molecular weight excluding hydrogens is 224 g/mol. The van der Waals surface area contributed by atoms with Gasteiger partial charge in [-0.05, 0) is 12.5 Å². The van der Waals surface area contributed by atoms with Crippen molar-refractivity contribution >= 4 is 11.6 Å². The zero-order valence-electron chi connectivity index (χ0n) is 9.18. The fraction of sp³-hybridized carbons (Fsp3) is 0.250. The Kier molecular flexibility index (Phi) is 2.99. The van der Waals surface area contributed by atoms with Crippen LogP contribution in [0.15, 0.2) is 30.6 Å². The van der Waals surface area contributed by atoms with Gasteiger partial charge in [0.05, 0.1) is 0 Å². The maximum atomic E-state index is 10.2. The van der Waals surface area contributed by atoms with Crippen LogP contribution in [0.2, 0.25) is 5.02 Å². The number of imidazole rings is 1. The van der Waals surface area contributed by atoms with Gasteiger partial charge in [-0.3, -0.25) is 0 Å². The van der Waals surface area contributed by atoms with Gasteiger partial charge in [0.25, 0.3) is 0 Å². The van der Waals surface area contributed by atoms with Crippen LogP contribution in [0.5, 0.6) is 0 Å². The van der Waals surface area contributed by atoms with E-state index in [0.29, 0.717) is 16.4 Å². The van der Waals surface area contributed by atoms with E-state index in [4.69, 9.17) is 11.6 Å². The van der Waals surface area contributed by atoms with E-state index in [0.717, 1.165) is 5.56 Å². The molecule has 1 aromatic carbocycles. The van der Waals surface area contributed by atoms with Crippen molar-refractivity contribution in [3.05, 3.63) is 52.6 Å². The van der Waals surface area contributed by atoms with Gasteiger partial charge < -0.3 is 9.67 Å². The third-order valence-electron chi connectivity index (χ3n) is 2.62. The van der Waals surface area contributed by atoms with E-state index in [9.17, 15) is 5.11 Å². The number of aliphatic hydroxyl groups is 1. The third kappa shape index (κ3) is 1.84. The lowest BCUT2D eigenvalue weighted by molar-refractivity contribution is 0.206. The van der Waals surface area contributed by atoms with Crippen molar-refractivity contribution in [2.75, 3.05) is 0 Å². The van der Waals surface area contributed by atoms with Gasteiger partial charge in [0.15, 0.2) is 0 Å². The molecule has 1 N–H and O–H groups in total. The fourth-order valence-electron chi connectivity index (χ4n) is 1.66. The molecule has 0 radical (unpaired) electrons. The summed E-state index contributed by atoms with van der Waals surface area (Å²) in [6, 6.07) is 5.61. The van der Waals surface area contributed by atoms with Gasteiger partial charge >= 0.3 is 0 Å². The topological polar surface area (TPSA) is 38.1 Å². The lowest BCUT2D eigenvalue weighted by Gasteiger charge is -2.13. The molecule has 0 spiro atoms. The zero-order valence-corrected chi connectivity index (χ0v) is 9.94. The lowest BCUT2D eigenvalue weighted by Crippen LogP contribution is -2.07. The van der Waals surface area contributed by atoms with Crippen molar-refractivity contribution < 1.29 is 5.11 Å². The molecule has 0 saturated carbocycles. The highest BCUT2D eigenvalue weighted by Crippen LogP contribution is 2.29. The molecule has 3 nitrogen and oxygen atoms in total. The van der Waals surface area contributed by atoms with Gasteiger partial charge in [-0.1, -0.05) is 29.8 Å². The number of aromatic nitrogens is 2. The number of hydrogen-bond donors (Lipinski definition) is 1. The predicted molar refractivity (Wildman–Crippen MR) is 63.5 cm³/mol.